The maximum atomic E-state index is 12.9. The molecular formula is C39H42F3N7O3S. The molecule has 278 valence electrons. The van der Waals surface area contributed by atoms with E-state index in [-0.39, 0.29) is 37.3 Å². The molecule has 3 aromatic carbocycles. The number of nitrogens with zero attached hydrogens (tertiary/aromatic N) is 5. The SMILES string of the molecule is COCC1CCC(n2cnc3c(NCC(c4ccccc4)c4ccccc4)nc(CNSc4ccc(C5CCN(C(=O)C(F)(F)F)CC5)cc4)nc32)O1. The van der Waals surface area contributed by atoms with Crippen LogP contribution in [0, 0.1) is 0 Å². The number of ether oxygens (including phenoxy) is 2. The minimum Gasteiger partial charge on any atom is -0.382 e. The van der Waals surface area contributed by atoms with Gasteiger partial charge in [-0.05, 0) is 72.4 Å². The number of fused-ring (bicyclic) bond motifs is 1. The van der Waals surface area contributed by atoms with Gasteiger partial charge in [-0.2, -0.15) is 13.2 Å². The number of carbonyl (C=O) groups excluding carboxylic acids is 1. The number of nitrogens with one attached hydrogen (secondary N) is 2. The number of imidazole rings is 1. The van der Waals surface area contributed by atoms with E-state index in [0.717, 1.165) is 28.2 Å². The predicted molar refractivity (Wildman–Crippen MR) is 197 cm³/mol. The highest BCUT2D eigenvalue weighted by Crippen LogP contribution is 2.34. The molecule has 14 heteroatoms. The molecule has 2 unspecified atom stereocenters. The van der Waals surface area contributed by atoms with Crippen LogP contribution in [0.1, 0.15) is 66.3 Å². The van der Waals surface area contributed by atoms with E-state index in [2.05, 4.69) is 58.6 Å². The van der Waals surface area contributed by atoms with Crippen molar-refractivity contribution < 1.29 is 27.4 Å². The molecular weight excluding hydrogens is 704 g/mol. The van der Waals surface area contributed by atoms with Gasteiger partial charge in [0.15, 0.2) is 17.0 Å². The molecule has 0 radical (unpaired) electrons. The fourth-order valence-electron chi connectivity index (χ4n) is 7.16. The topological polar surface area (TPSA) is 106 Å². The molecule has 2 N–H and O–H groups in total. The number of rotatable bonds is 13. The lowest BCUT2D eigenvalue weighted by molar-refractivity contribution is -0.186. The van der Waals surface area contributed by atoms with E-state index in [1.165, 1.54) is 23.1 Å². The lowest BCUT2D eigenvalue weighted by atomic mass is 9.89. The number of likely N-dealkylation sites (tertiary alicyclic amines) is 1. The summed E-state index contributed by atoms with van der Waals surface area (Å²) in [7, 11) is 1.68. The molecule has 2 fully saturated rings. The Morgan fingerprint density at radius 2 is 1.62 bits per heavy atom. The van der Waals surface area contributed by atoms with E-state index in [1.807, 2.05) is 41.0 Å². The van der Waals surface area contributed by atoms with Crippen LogP contribution < -0.4 is 10.0 Å². The van der Waals surface area contributed by atoms with E-state index in [1.54, 1.807) is 13.4 Å². The first-order valence-electron chi connectivity index (χ1n) is 17.8. The van der Waals surface area contributed by atoms with Crippen molar-refractivity contribution in [1.82, 2.24) is 29.1 Å². The number of aromatic nitrogens is 4. The first-order valence-corrected chi connectivity index (χ1v) is 18.7. The van der Waals surface area contributed by atoms with Gasteiger partial charge in [0, 0.05) is 37.6 Å². The first kappa shape index (κ1) is 36.8. The van der Waals surface area contributed by atoms with Gasteiger partial charge < -0.3 is 19.7 Å². The molecule has 2 atom stereocenters. The molecule has 4 heterocycles. The van der Waals surface area contributed by atoms with Gasteiger partial charge in [0.05, 0.1) is 25.6 Å². The Kier molecular flexibility index (Phi) is 11.6. The van der Waals surface area contributed by atoms with Gasteiger partial charge in [-0.25, -0.2) is 15.0 Å². The maximum absolute atomic E-state index is 12.9. The number of halogens is 3. The van der Waals surface area contributed by atoms with Crippen LogP contribution in [-0.2, 0) is 20.8 Å². The molecule has 2 aromatic heterocycles. The van der Waals surface area contributed by atoms with Gasteiger partial charge in [0.25, 0.3) is 0 Å². The Morgan fingerprint density at radius 3 is 2.26 bits per heavy atom. The van der Waals surface area contributed by atoms with Crippen LogP contribution in [0.2, 0.25) is 0 Å². The summed E-state index contributed by atoms with van der Waals surface area (Å²) in [5.41, 5.74) is 4.80. The molecule has 0 bridgehead atoms. The Labute approximate surface area is 310 Å². The van der Waals surface area contributed by atoms with Crippen LogP contribution in [0.15, 0.2) is 96.2 Å². The van der Waals surface area contributed by atoms with Gasteiger partial charge >= 0.3 is 12.1 Å². The molecule has 0 spiro atoms. The third-order valence-corrected chi connectivity index (χ3v) is 10.7. The van der Waals surface area contributed by atoms with Crippen LogP contribution in [0.3, 0.4) is 0 Å². The number of piperidine rings is 1. The molecule has 5 aromatic rings. The highest BCUT2D eigenvalue weighted by Gasteiger charge is 2.43. The molecule has 2 aliphatic rings. The molecule has 7 rings (SSSR count). The largest absolute Gasteiger partial charge is 0.471 e. The molecule has 0 saturated carbocycles. The smallest absolute Gasteiger partial charge is 0.382 e. The lowest BCUT2D eigenvalue weighted by Crippen LogP contribution is -2.45. The zero-order chi connectivity index (χ0) is 36.8. The molecule has 1 amide bonds. The number of hydrogen-bond donors (Lipinski definition) is 2. The number of carbonyl (C=O) groups is 1. The number of benzene rings is 3. The lowest BCUT2D eigenvalue weighted by Gasteiger charge is -2.32. The molecule has 10 nitrogen and oxygen atoms in total. The fraction of sp³-hybridized carbons (Fsp3) is 0.385. The summed E-state index contributed by atoms with van der Waals surface area (Å²) in [5.74, 6) is -0.338. The Balaban J connectivity index is 1.06. The van der Waals surface area contributed by atoms with Crippen LogP contribution >= 0.6 is 11.9 Å². The van der Waals surface area contributed by atoms with Gasteiger partial charge in [0.1, 0.15) is 12.1 Å². The van der Waals surface area contributed by atoms with E-state index in [4.69, 9.17) is 24.4 Å². The third-order valence-electron chi connectivity index (χ3n) is 9.89. The number of hydrogen-bond acceptors (Lipinski definition) is 9. The fourth-order valence-corrected chi connectivity index (χ4v) is 7.80. The van der Waals surface area contributed by atoms with Crippen molar-refractivity contribution in [2.24, 2.45) is 0 Å². The first-order chi connectivity index (χ1) is 25.8. The summed E-state index contributed by atoms with van der Waals surface area (Å²) in [4.78, 5) is 28.2. The average molecular weight is 746 g/mol. The summed E-state index contributed by atoms with van der Waals surface area (Å²) in [5, 5.41) is 3.62. The van der Waals surface area contributed by atoms with Crippen LogP contribution in [0.4, 0.5) is 19.0 Å². The molecule has 2 aliphatic heterocycles. The Bertz CT molecular complexity index is 1920. The monoisotopic (exact) mass is 745 g/mol. The number of anilines is 1. The van der Waals surface area contributed by atoms with E-state index in [9.17, 15) is 18.0 Å². The normalized spacial score (nSPS) is 18.2. The van der Waals surface area contributed by atoms with Crippen molar-refractivity contribution in [3.8, 4) is 0 Å². The van der Waals surface area contributed by atoms with Crippen molar-refractivity contribution in [3.63, 3.8) is 0 Å². The van der Waals surface area contributed by atoms with Crippen LogP contribution in [0.25, 0.3) is 11.2 Å². The van der Waals surface area contributed by atoms with Crippen molar-refractivity contribution in [1.29, 1.82) is 0 Å². The molecule has 0 aliphatic carbocycles. The summed E-state index contributed by atoms with van der Waals surface area (Å²) in [6, 6.07) is 28.8. The minimum atomic E-state index is -4.83. The number of amides is 1. The third kappa shape index (κ3) is 8.84. The van der Waals surface area contributed by atoms with Crippen molar-refractivity contribution >= 4 is 34.8 Å². The van der Waals surface area contributed by atoms with Crippen molar-refractivity contribution in [3.05, 3.63) is 114 Å². The van der Waals surface area contributed by atoms with Gasteiger partial charge in [-0.15, -0.1) is 0 Å². The number of alkyl halides is 3. The van der Waals surface area contributed by atoms with Crippen LogP contribution in [-0.4, -0.2) is 76.0 Å². The molecule has 53 heavy (non-hydrogen) atoms. The summed E-state index contributed by atoms with van der Waals surface area (Å²) < 4.78 is 55.6. The highest BCUT2D eigenvalue weighted by molar-refractivity contribution is 7.97. The maximum Gasteiger partial charge on any atom is 0.471 e. The second kappa shape index (κ2) is 16.7. The van der Waals surface area contributed by atoms with Crippen LogP contribution in [0.5, 0.6) is 0 Å². The minimum absolute atomic E-state index is 0.00899. The van der Waals surface area contributed by atoms with E-state index < -0.39 is 12.1 Å². The van der Waals surface area contributed by atoms with E-state index >= 15 is 0 Å². The van der Waals surface area contributed by atoms with Gasteiger partial charge in [0.2, 0.25) is 0 Å². The standard InChI is InChI=1S/C39H42F3N7O3S/c1-51-24-30-14-17-34(52-30)49-25-44-35-36(43-22-32(28-8-4-2-5-9-28)29-10-6-3-7-11-29)46-33(47-37(35)49)23-45-53-31-15-12-26(13-16-31)27-18-20-48(21-19-27)38(50)39(40,41)42/h2-13,15-16,25,27,30,32,34,45H,14,17-24H2,1H3,(H,43,46,47). The zero-order valence-corrected chi connectivity index (χ0v) is 30.2. The van der Waals surface area contributed by atoms with Gasteiger partial charge in [-0.1, -0.05) is 72.8 Å². The van der Waals surface area contributed by atoms with E-state index in [0.29, 0.717) is 55.3 Å². The Hall–Kier alpha value is -4.50. The summed E-state index contributed by atoms with van der Waals surface area (Å²) in [6.45, 7) is 1.68. The summed E-state index contributed by atoms with van der Waals surface area (Å²) in [6.07, 6.45) is -0.565. The van der Waals surface area contributed by atoms with Crippen molar-refractivity contribution in [2.45, 2.75) is 67.5 Å². The second-order valence-electron chi connectivity index (χ2n) is 13.4. The highest BCUT2D eigenvalue weighted by atomic mass is 32.2. The predicted octanol–water partition coefficient (Wildman–Crippen LogP) is 7.46. The Morgan fingerprint density at radius 1 is 0.943 bits per heavy atom. The van der Waals surface area contributed by atoms with Crippen molar-refractivity contribution in [2.75, 3.05) is 38.7 Å². The van der Waals surface area contributed by atoms with Gasteiger partial charge in [-0.3, -0.25) is 14.1 Å². The second-order valence-corrected chi connectivity index (χ2v) is 14.3. The zero-order valence-electron chi connectivity index (χ0n) is 29.3. The average Bonchev–Trinajstić information content (AvgIpc) is 3.83. The molecule has 2 saturated heterocycles. The quantitative estimate of drug-likeness (QED) is 0.119. The number of methoxy groups -OCH3 is 1. The summed E-state index contributed by atoms with van der Waals surface area (Å²) >= 11 is 1.45.